The van der Waals surface area contributed by atoms with Crippen LogP contribution in [-0.2, 0) is 6.54 Å². The van der Waals surface area contributed by atoms with Gasteiger partial charge in [0.15, 0.2) is 0 Å². The fourth-order valence-electron chi connectivity index (χ4n) is 1.73. The summed E-state index contributed by atoms with van der Waals surface area (Å²) in [6.07, 6.45) is 2.37. The quantitative estimate of drug-likeness (QED) is 0.584. The molecular weight excluding hydrogens is 216 g/mol. The van der Waals surface area contributed by atoms with Gasteiger partial charge in [-0.25, -0.2) is 0 Å². The molecule has 0 aliphatic heterocycles. The fourth-order valence-corrected chi connectivity index (χ4v) is 1.73. The van der Waals surface area contributed by atoms with E-state index in [-0.39, 0.29) is 10.6 Å². The van der Waals surface area contributed by atoms with Gasteiger partial charge in [0.2, 0.25) is 0 Å². The van der Waals surface area contributed by atoms with E-state index in [4.69, 9.17) is 0 Å². The van der Waals surface area contributed by atoms with Crippen LogP contribution in [0.5, 0.6) is 0 Å². The van der Waals surface area contributed by atoms with Crippen LogP contribution in [0, 0.1) is 16.0 Å². The standard InChI is InChI=1S/C13H20N2O2/c1-3-11(4-2)9-14-10-12-5-7-13(8-6-12)15(16)17/h5-8,11,14H,3-4,9-10H2,1-2H3. The highest BCUT2D eigenvalue weighted by Crippen LogP contribution is 2.12. The van der Waals surface area contributed by atoms with Crippen LogP contribution >= 0.6 is 0 Å². The van der Waals surface area contributed by atoms with Gasteiger partial charge in [0.25, 0.3) is 5.69 Å². The Kier molecular flexibility index (Phi) is 5.63. The van der Waals surface area contributed by atoms with Gasteiger partial charge >= 0.3 is 0 Å². The Morgan fingerprint density at radius 3 is 2.29 bits per heavy atom. The summed E-state index contributed by atoms with van der Waals surface area (Å²) in [5, 5.41) is 13.9. The minimum absolute atomic E-state index is 0.147. The maximum atomic E-state index is 10.5. The summed E-state index contributed by atoms with van der Waals surface area (Å²) in [7, 11) is 0. The van der Waals surface area contributed by atoms with Crippen molar-refractivity contribution in [1.82, 2.24) is 5.32 Å². The van der Waals surface area contributed by atoms with Crippen LogP contribution in [0.1, 0.15) is 32.3 Å². The van der Waals surface area contributed by atoms with E-state index in [1.807, 2.05) is 0 Å². The lowest BCUT2D eigenvalue weighted by atomic mass is 10.0. The Bertz CT molecular complexity index is 345. The summed E-state index contributed by atoms with van der Waals surface area (Å²) in [5.74, 6) is 0.716. The summed E-state index contributed by atoms with van der Waals surface area (Å²) >= 11 is 0. The first-order chi connectivity index (χ1) is 8.17. The topological polar surface area (TPSA) is 55.2 Å². The van der Waals surface area contributed by atoms with Gasteiger partial charge in [-0.05, 0) is 18.0 Å². The molecule has 0 aliphatic rings. The first-order valence-electron chi connectivity index (χ1n) is 6.11. The van der Waals surface area contributed by atoms with Crippen molar-refractivity contribution >= 4 is 5.69 Å². The van der Waals surface area contributed by atoms with Gasteiger partial charge in [-0.1, -0.05) is 38.8 Å². The number of nitro groups is 1. The van der Waals surface area contributed by atoms with Crippen LogP contribution in [0.2, 0.25) is 0 Å². The number of rotatable bonds is 7. The molecule has 17 heavy (non-hydrogen) atoms. The summed E-state index contributed by atoms with van der Waals surface area (Å²) in [5.41, 5.74) is 1.23. The van der Waals surface area contributed by atoms with Crippen LogP contribution in [0.3, 0.4) is 0 Å². The molecule has 0 bridgehead atoms. The third-order valence-corrected chi connectivity index (χ3v) is 3.06. The average molecular weight is 236 g/mol. The van der Waals surface area contributed by atoms with Crippen molar-refractivity contribution in [3.8, 4) is 0 Å². The van der Waals surface area contributed by atoms with Crippen molar-refractivity contribution in [2.24, 2.45) is 5.92 Å². The van der Waals surface area contributed by atoms with Gasteiger partial charge < -0.3 is 5.32 Å². The third-order valence-electron chi connectivity index (χ3n) is 3.06. The van der Waals surface area contributed by atoms with E-state index >= 15 is 0 Å². The summed E-state index contributed by atoms with van der Waals surface area (Å²) in [6.45, 7) is 6.17. The zero-order valence-corrected chi connectivity index (χ0v) is 10.5. The molecule has 1 rings (SSSR count). The first kappa shape index (κ1) is 13.6. The first-order valence-corrected chi connectivity index (χ1v) is 6.11. The van der Waals surface area contributed by atoms with Crippen LogP contribution < -0.4 is 5.32 Å². The van der Waals surface area contributed by atoms with Crippen LogP contribution in [0.25, 0.3) is 0 Å². The van der Waals surface area contributed by atoms with Gasteiger partial charge in [-0.15, -0.1) is 0 Å². The molecule has 0 atom stereocenters. The second-order valence-electron chi connectivity index (χ2n) is 4.24. The van der Waals surface area contributed by atoms with Crippen molar-refractivity contribution < 1.29 is 4.92 Å². The fraction of sp³-hybridized carbons (Fsp3) is 0.538. The number of benzene rings is 1. The summed E-state index contributed by atoms with van der Waals surface area (Å²) in [4.78, 5) is 10.1. The predicted molar refractivity (Wildman–Crippen MR) is 68.9 cm³/mol. The molecule has 1 aromatic rings. The second kappa shape index (κ2) is 7.01. The number of non-ortho nitro benzene ring substituents is 1. The molecule has 0 unspecified atom stereocenters. The van der Waals surface area contributed by atoms with Gasteiger partial charge in [0, 0.05) is 18.7 Å². The number of hydrogen-bond acceptors (Lipinski definition) is 3. The highest BCUT2D eigenvalue weighted by molar-refractivity contribution is 5.32. The highest BCUT2D eigenvalue weighted by Gasteiger charge is 2.05. The minimum Gasteiger partial charge on any atom is -0.312 e. The lowest BCUT2D eigenvalue weighted by molar-refractivity contribution is -0.384. The van der Waals surface area contributed by atoms with Gasteiger partial charge in [-0.3, -0.25) is 10.1 Å². The monoisotopic (exact) mass is 236 g/mol. The van der Waals surface area contributed by atoms with Crippen molar-refractivity contribution in [2.45, 2.75) is 33.2 Å². The van der Waals surface area contributed by atoms with Crippen LogP contribution in [0.15, 0.2) is 24.3 Å². The lowest BCUT2D eigenvalue weighted by Crippen LogP contribution is -2.21. The highest BCUT2D eigenvalue weighted by atomic mass is 16.6. The number of nitro benzene ring substituents is 1. The van der Waals surface area contributed by atoms with Gasteiger partial charge in [0.1, 0.15) is 0 Å². The molecule has 1 N–H and O–H groups in total. The van der Waals surface area contributed by atoms with Crippen molar-refractivity contribution in [3.05, 3.63) is 39.9 Å². The lowest BCUT2D eigenvalue weighted by Gasteiger charge is -2.13. The zero-order chi connectivity index (χ0) is 12.7. The van der Waals surface area contributed by atoms with E-state index in [2.05, 4.69) is 19.2 Å². The molecule has 0 radical (unpaired) electrons. The van der Waals surface area contributed by atoms with Gasteiger partial charge in [-0.2, -0.15) is 0 Å². The molecule has 0 heterocycles. The Hall–Kier alpha value is -1.42. The van der Waals surface area contributed by atoms with Crippen LogP contribution in [-0.4, -0.2) is 11.5 Å². The molecule has 0 amide bonds. The molecule has 0 aromatic heterocycles. The van der Waals surface area contributed by atoms with Gasteiger partial charge in [0.05, 0.1) is 4.92 Å². The summed E-state index contributed by atoms with van der Waals surface area (Å²) in [6, 6.07) is 6.71. The molecule has 0 fully saturated rings. The minimum atomic E-state index is -0.374. The largest absolute Gasteiger partial charge is 0.312 e. The second-order valence-corrected chi connectivity index (χ2v) is 4.24. The third kappa shape index (κ3) is 4.53. The number of nitrogens with zero attached hydrogens (tertiary/aromatic N) is 1. The van der Waals surface area contributed by atoms with Crippen molar-refractivity contribution in [2.75, 3.05) is 6.54 Å². The smallest absolute Gasteiger partial charge is 0.269 e. The molecule has 0 aliphatic carbocycles. The Balaban J connectivity index is 2.39. The molecule has 0 saturated carbocycles. The van der Waals surface area contributed by atoms with E-state index in [0.29, 0.717) is 5.92 Å². The molecule has 4 heteroatoms. The Morgan fingerprint density at radius 2 is 1.82 bits per heavy atom. The average Bonchev–Trinajstić information content (AvgIpc) is 2.35. The summed E-state index contributed by atoms with van der Waals surface area (Å²) < 4.78 is 0. The van der Waals surface area contributed by atoms with Crippen LogP contribution in [0.4, 0.5) is 5.69 Å². The molecule has 94 valence electrons. The van der Waals surface area contributed by atoms with E-state index in [1.54, 1.807) is 24.3 Å². The van der Waals surface area contributed by atoms with E-state index in [0.717, 1.165) is 18.7 Å². The Labute approximate surface area is 102 Å². The van der Waals surface area contributed by atoms with Crippen molar-refractivity contribution in [1.29, 1.82) is 0 Å². The van der Waals surface area contributed by atoms with E-state index in [1.165, 1.54) is 12.8 Å². The Morgan fingerprint density at radius 1 is 1.24 bits per heavy atom. The maximum Gasteiger partial charge on any atom is 0.269 e. The number of nitrogens with one attached hydrogen (secondary N) is 1. The molecule has 0 saturated heterocycles. The number of hydrogen-bond donors (Lipinski definition) is 1. The SMILES string of the molecule is CCC(CC)CNCc1ccc([N+](=O)[O-])cc1. The zero-order valence-electron chi connectivity index (χ0n) is 10.5. The molecule has 1 aromatic carbocycles. The molecule has 4 nitrogen and oxygen atoms in total. The molecular formula is C13H20N2O2. The van der Waals surface area contributed by atoms with E-state index < -0.39 is 0 Å². The molecule has 0 spiro atoms. The van der Waals surface area contributed by atoms with Crippen molar-refractivity contribution in [3.63, 3.8) is 0 Å². The predicted octanol–water partition coefficient (Wildman–Crippen LogP) is 3.12. The normalized spacial score (nSPS) is 10.8. The maximum absolute atomic E-state index is 10.5. The van der Waals surface area contributed by atoms with E-state index in [9.17, 15) is 10.1 Å².